The number of aryl methyl sites for hydroxylation is 1. The fourth-order valence-corrected chi connectivity index (χ4v) is 3.88. The van der Waals surface area contributed by atoms with Gasteiger partial charge in [0.05, 0.1) is 18.4 Å². The van der Waals surface area contributed by atoms with Gasteiger partial charge in [-0.05, 0) is 22.4 Å². The quantitative estimate of drug-likeness (QED) is 0.824. The average molecular weight is 362 g/mol. The molecule has 2 aromatic heterocycles. The van der Waals surface area contributed by atoms with E-state index in [4.69, 9.17) is 4.74 Å². The Hall–Kier alpha value is -2.19. The van der Waals surface area contributed by atoms with Gasteiger partial charge in [0.2, 0.25) is 11.8 Å². The van der Waals surface area contributed by atoms with E-state index in [0.29, 0.717) is 19.5 Å². The molecule has 3 rings (SSSR count). The molecule has 3 heterocycles. The summed E-state index contributed by atoms with van der Waals surface area (Å²) in [6, 6.07) is 1.79. The van der Waals surface area contributed by atoms with E-state index in [1.807, 2.05) is 39.5 Å². The van der Waals surface area contributed by atoms with Crippen LogP contribution in [-0.4, -0.2) is 59.1 Å². The third kappa shape index (κ3) is 4.08. The molecule has 25 heavy (non-hydrogen) atoms. The third-order valence-corrected chi connectivity index (χ3v) is 5.15. The van der Waals surface area contributed by atoms with Crippen LogP contribution >= 0.6 is 11.3 Å². The van der Waals surface area contributed by atoms with Crippen LogP contribution in [0.2, 0.25) is 0 Å². The van der Waals surface area contributed by atoms with Crippen LogP contribution in [-0.2, 0) is 27.8 Å². The molecule has 1 saturated heterocycles. The predicted molar refractivity (Wildman–Crippen MR) is 94.4 cm³/mol. The molecule has 7 nitrogen and oxygen atoms in total. The average Bonchev–Trinajstić information content (AvgIpc) is 3.29. The zero-order valence-corrected chi connectivity index (χ0v) is 15.2. The number of amides is 2. The van der Waals surface area contributed by atoms with E-state index < -0.39 is 0 Å². The molecule has 1 aliphatic rings. The first-order valence-corrected chi connectivity index (χ1v) is 9.07. The fraction of sp³-hybridized carbons (Fsp3) is 0.471. The first kappa shape index (κ1) is 17.6. The minimum atomic E-state index is -0.182. The number of carbonyl (C=O) groups excluding carboxylic acids is 2. The van der Waals surface area contributed by atoms with Gasteiger partial charge in [0, 0.05) is 39.6 Å². The Morgan fingerprint density at radius 1 is 1.44 bits per heavy atom. The number of ether oxygens (including phenoxy) is 1. The standard InChI is InChI=1S/C17H22N4O3S/c1-20-5-4-18-17(20)13-8-21(9-14(13)19-15(22)10-24-2)16(23)7-12-3-6-25-11-12/h3-6,11,13-14H,7-10H2,1-2H3,(H,19,22)/t13-,14-/m1/s1. The number of imidazole rings is 1. The molecule has 1 fully saturated rings. The number of methoxy groups -OCH3 is 1. The van der Waals surface area contributed by atoms with Crippen molar-refractivity contribution in [1.29, 1.82) is 0 Å². The lowest BCUT2D eigenvalue weighted by molar-refractivity contribution is -0.130. The van der Waals surface area contributed by atoms with Crippen molar-refractivity contribution < 1.29 is 14.3 Å². The second kappa shape index (κ2) is 7.79. The van der Waals surface area contributed by atoms with E-state index in [2.05, 4.69) is 10.3 Å². The zero-order valence-electron chi connectivity index (χ0n) is 14.3. The Morgan fingerprint density at radius 2 is 2.28 bits per heavy atom. The van der Waals surface area contributed by atoms with Crippen molar-refractivity contribution in [2.24, 2.45) is 7.05 Å². The molecule has 2 amide bonds. The van der Waals surface area contributed by atoms with Crippen LogP contribution in [0.4, 0.5) is 0 Å². The molecule has 1 aliphatic heterocycles. The summed E-state index contributed by atoms with van der Waals surface area (Å²) >= 11 is 1.58. The van der Waals surface area contributed by atoms with Crippen LogP contribution in [0.1, 0.15) is 17.3 Å². The normalized spacial score (nSPS) is 20.0. The van der Waals surface area contributed by atoms with Crippen molar-refractivity contribution in [1.82, 2.24) is 19.8 Å². The number of rotatable bonds is 6. The maximum Gasteiger partial charge on any atom is 0.246 e. The second-order valence-corrected chi connectivity index (χ2v) is 7.00. The highest BCUT2D eigenvalue weighted by Gasteiger charge is 2.38. The Bertz CT molecular complexity index is 728. The summed E-state index contributed by atoms with van der Waals surface area (Å²) < 4.78 is 6.83. The SMILES string of the molecule is COCC(=O)N[C@@H]1CN(C(=O)Cc2ccsc2)C[C@H]1c1nccn1C. The minimum absolute atomic E-state index is 0.00658. The van der Waals surface area contributed by atoms with Crippen molar-refractivity contribution in [2.75, 3.05) is 26.8 Å². The molecule has 1 N–H and O–H groups in total. The van der Waals surface area contributed by atoms with Gasteiger partial charge in [-0.1, -0.05) is 0 Å². The summed E-state index contributed by atoms with van der Waals surface area (Å²) in [6.07, 6.45) is 3.99. The maximum atomic E-state index is 12.6. The van der Waals surface area contributed by atoms with Gasteiger partial charge in [-0.2, -0.15) is 11.3 Å². The molecule has 0 aromatic carbocycles. The van der Waals surface area contributed by atoms with Crippen LogP contribution in [0, 0.1) is 0 Å². The number of hydrogen-bond acceptors (Lipinski definition) is 5. The summed E-state index contributed by atoms with van der Waals surface area (Å²) in [6.45, 7) is 1.04. The lowest BCUT2D eigenvalue weighted by Gasteiger charge is -2.19. The summed E-state index contributed by atoms with van der Waals surface area (Å²) in [5, 5.41) is 6.94. The highest BCUT2D eigenvalue weighted by Crippen LogP contribution is 2.27. The molecule has 0 aliphatic carbocycles. The number of carbonyl (C=O) groups is 2. The van der Waals surface area contributed by atoms with E-state index >= 15 is 0 Å². The monoisotopic (exact) mass is 362 g/mol. The molecule has 2 aromatic rings. The number of hydrogen-bond donors (Lipinski definition) is 1. The van der Waals surface area contributed by atoms with Crippen LogP contribution in [0.25, 0.3) is 0 Å². The number of nitrogens with one attached hydrogen (secondary N) is 1. The van der Waals surface area contributed by atoms with Gasteiger partial charge >= 0.3 is 0 Å². The molecular weight excluding hydrogens is 340 g/mol. The highest BCUT2D eigenvalue weighted by atomic mass is 32.1. The number of likely N-dealkylation sites (tertiary alicyclic amines) is 1. The lowest BCUT2D eigenvalue weighted by atomic mass is 10.0. The molecule has 0 bridgehead atoms. The van der Waals surface area contributed by atoms with Gasteiger partial charge in [0.15, 0.2) is 0 Å². The number of aromatic nitrogens is 2. The van der Waals surface area contributed by atoms with Gasteiger partial charge in [0.25, 0.3) is 0 Å². The molecular formula is C17H22N4O3S. The first-order chi connectivity index (χ1) is 12.1. The minimum Gasteiger partial charge on any atom is -0.375 e. The number of thiophene rings is 1. The van der Waals surface area contributed by atoms with E-state index in [0.717, 1.165) is 11.4 Å². The van der Waals surface area contributed by atoms with Gasteiger partial charge in [-0.15, -0.1) is 0 Å². The second-order valence-electron chi connectivity index (χ2n) is 6.22. The zero-order chi connectivity index (χ0) is 17.8. The Morgan fingerprint density at radius 3 is 2.92 bits per heavy atom. The lowest BCUT2D eigenvalue weighted by Crippen LogP contribution is -2.42. The number of nitrogens with zero attached hydrogens (tertiary/aromatic N) is 3. The van der Waals surface area contributed by atoms with Crippen LogP contribution in [0.5, 0.6) is 0 Å². The van der Waals surface area contributed by atoms with Crippen molar-refractivity contribution in [3.8, 4) is 0 Å². The summed E-state index contributed by atoms with van der Waals surface area (Å²) in [4.78, 5) is 30.8. The van der Waals surface area contributed by atoms with E-state index in [9.17, 15) is 9.59 Å². The maximum absolute atomic E-state index is 12.6. The Kier molecular flexibility index (Phi) is 5.50. The molecule has 2 atom stereocenters. The smallest absolute Gasteiger partial charge is 0.246 e. The molecule has 134 valence electrons. The third-order valence-electron chi connectivity index (χ3n) is 4.42. The Balaban J connectivity index is 1.73. The van der Waals surface area contributed by atoms with Crippen molar-refractivity contribution in [2.45, 2.75) is 18.4 Å². The summed E-state index contributed by atoms with van der Waals surface area (Å²) in [5.41, 5.74) is 1.02. The van der Waals surface area contributed by atoms with E-state index in [1.165, 1.54) is 7.11 Å². The molecule has 0 radical (unpaired) electrons. The van der Waals surface area contributed by atoms with E-state index in [-0.39, 0.29) is 30.4 Å². The Labute approximate surface area is 150 Å². The van der Waals surface area contributed by atoms with Crippen LogP contribution in [0.3, 0.4) is 0 Å². The van der Waals surface area contributed by atoms with Gasteiger partial charge in [0.1, 0.15) is 12.4 Å². The molecule has 8 heteroatoms. The predicted octanol–water partition coefficient (Wildman–Crippen LogP) is 0.781. The van der Waals surface area contributed by atoms with Crippen molar-refractivity contribution in [3.05, 3.63) is 40.6 Å². The van der Waals surface area contributed by atoms with Crippen LogP contribution in [0.15, 0.2) is 29.2 Å². The van der Waals surface area contributed by atoms with Crippen molar-refractivity contribution in [3.63, 3.8) is 0 Å². The summed E-state index contributed by atoms with van der Waals surface area (Å²) in [7, 11) is 3.41. The molecule has 0 unspecified atom stereocenters. The largest absolute Gasteiger partial charge is 0.375 e. The van der Waals surface area contributed by atoms with Crippen molar-refractivity contribution >= 4 is 23.2 Å². The summed E-state index contributed by atoms with van der Waals surface area (Å²) in [5.74, 6) is 0.723. The fourth-order valence-electron chi connectivity index (χ4n) is 3.21. The van der Waals surface area contributed by atoms with E-state index in [1.54, 1.807) is 17.5 Å². The first-order valence-electron chi connectivity index (χ1n) is 8.13. The van der Waals surface area contributed by atoms with Gasteiger partial charge < -0.3 is 19.5 Å². The topological polar surface area (TPSA) is 76.5 Å². The van der Waals surface area contributed by atoms with Gasteiger partial charge in [-0.3, -0.25) is 9.59 Å². The highest BCUT2D eigenvalue weighted by molar-refractivity contribution is 7.08. The molecule has 0 spiro atoms. The molecule has 0 saturated carbocycles. The van der Waals surface area contributed by atoms with Crippen LogP contribution < -0.4 is 5.32 Å². The van der Waals surface area contributed by atoms with Gasteiger partial charge in [-0.25, -0.2) is 4.98 Å².